The van der Waals surface area contributed by atoms with Gasteiger partial charge >= 0.3 is 5.97 Å². The van der Waals surface area contributed by atoms with Crippen molar-refractivity contribution in [3.63, 3.8) is 0 Å². The van der Waals surface area contributed by atoms with E-state index >= 15 is 0 Å². The Morgan fingerprint density at radius 2 is 1.83 bits per heavy atom. The smallest absolute Gasteiger partial charge is 0.303 e. The average molecular weight is 175 g/mol. The van der Waals surface area contributed by atoms with E-state index in [0.717, 1.165) is 19.3 Å². The number of guanidine groups is 1. The fourth-order valence-corrected chi connectivity index (χ4v) is 0.526. The Bertz CT molecular complexity index is 133. The molecular weight excluding hydrogens is 158 g/mol. The minimum absolute atomic E-state index is 0.327. The summed E-state index contributed by atoms with van der Waals surface area (Å²) in [7, 11) is 0. The van der Waals surface area contributed by atoms with Crippen LogP contribution in [0.25, 0.3) is 0 Å². The summed E-state index contributed by atoms with van der Waals surface area (Å²) in [5, 5.41) is 14.2. The first-order chi connectivity index (χ1) is 5.50. The van der Waals surface area contributed by atoms with Gasteiger partial charge in [0.1, 0.15) is 0 Å². The van der Waals surface area contributed by atoms with Crippen molar-refractivity contribution < 1.29 is 9.90 Å². The number of hydrogen-bond donors (Lipinski definition) is 4. The number of carboxylic acid groups (broad SMARTS) is 1. The van der Waals surface area contributed by atoms with E-state index in [1.807, 2.05) is 0 Å². The Kier molecular flexibility index (Phi) is 10.8. The number of rotatable bonds is 4. The van der Waals surface area contributed by atoms with Crippen LogP contribution in [0.1, 0.15) is 32.6 Å². The Balaban J connectivity index is 0. The minimum Gasteiger partial charge on any atom is -0.481 e. The molecule has 0 aliphatic rings. The van der Waals surface area contributed by atoms with Gasteiger partial charge in [0.2, 0.25) is 0 Å². The first-order valence-electron chi connectivity index (χ1n) is 3.82. The highest BCUT2D eigenvalue weighted by molar-refractivity contribution is 5.71. The van der Waals surface area contributed by atoms with Gasteiger partial charge in [-0.2, -0.15) is 0 Å². The SMILES string of the molecule is CCCCCC(=O)O.N=C(N)N. The fourth-order valence-electron chi connectivity index (χ4n) is 0.526. The molecule has 0 fully saturated rings. The largest absolute Gasteiger partial charge is 0.481 e. The van der Waals surface area contributed by atoms with Crippen LogP contribution in [0.2, 0.25) is 0 Å². The van der Waals surface area contributed by atoms with Crippen molar-refractivity contribution in [3.8, 4) is 0 Å². The zero-order chi connectivity index (χ0) is 9.98. The Labute approximate surface area is 72.3 Å². The molecule has 0 saturated heterocycles. The Hall–Kier alpha value is -1.26. The van der Waals surface area contributed by atoms with Crippen molar-refractivity contribution in [3.05, 3.63) is 0 Å². The van der Waals surface area contributed by atoms with Crippen molar-refractivity contribution in [2.75, 3.05) is 0 Å². The average Bonchev–Trinajstić information content (AvgIpc) is 1.86. The van der Waals surface area contributed by atoms with Gasteiger partial charge in [-0.3, -0.25) is 10.2 Å². The van der Waals surface area contributed by atoms with Crippen molar-refractivity contribution in [1.82, 2.24) is 0 Å². The lowest BCUT2D eigenvalue weighted by Crippen LogP contribution is -2.20. The molecule has 6 N–H and O–H groups in total. The van der Waals surface area contributed by atoms with Gasteiger partial charge in [-0.05, 0) is 6.42 Å². The minimum atomic E-state index is -0.682. The van der Waals surface area contributed by atoms with Crippen LogP contribution in [0.4, 0.5) is 0 Å². The molecule has 12 heavy (non-hydrogen) atoms. The van der Waals surface area contributed by atoms with Crippen molar-refractivity contribution in [1.29, 1.82) is 5.41 Å². The van der Waals surface area contributed by atoms with Gasteiger partial charge in [-0.1, -0.05) is 19.8 Å². The summed E-state index contributed by atoms with van der Waals surface area (Å²) in [6, 6.07) is 0. The Morgan fingerprint density at radius 3 is 2.08 bits per heavy atom. The summed E-state index contributed by atoms with van der Waals surface area (Å²) >= 11 is 0. The molecule has 0 spiro atoms. The van der Waals surface area contributed by atoms with E-state index in [2.05, 4.69) is 18.4 Å². The second-order valence-electron chi connectivity index (χ2n) is 2.31. The zero-order valence-corrected chi connectivity index (χ0v) is 7.34. The van der Waals surface area contributed by atoms with E-state index in [1.165, 1.54) is 0 Å². The number of aliphatic carboxylic acids is 1. The molecule has 0 aromatic rings. The molecule has 0 aliphatic carbocycles. The molecule has 0 saturated carbocycles. The normalized spacial score (nSPS) is 8.08. The second-order valence-corrected chi connectivity index (χ2v) is 2.31. The van der Waals surface area contributed by atoms with Crippen LogP contribution in [0.15, 0.2) is 0 Å². The first-order valence-corrected chi connectivity index (χ1v) is 3.82. The quantitative estimate of drug-likeness (QED) is 0.283. The lowest BCUT2D eigenvalue weighted by atomic mass is 10.2. The van der Waals surface area contributed by atoms with Gasteiger partial charge in [0.15, 0.2) is 5.96 Å². The molecule has 0 aliphatic heterocycles. The number of nitrogens with one attached hydrogen (secondary N) is 1. The zero-order valence-electron chi connectivity index (χ0n) is 7.34. The highest BCUT2D eigenvalue weighted by Gasteiger charge is 1.92. The third-order valence-electron chi connectivity index (χ3n) is 0.994. The predicted molar refractivity (Wildman–Crippen MR) is 47.9 cm³/mol. The maximum absolute atomic E-state index is 9.87. The maximum Gasteiger partial charge on any atom is 0.303 e. The van der Waals surface area contributed by atoms with Crippen LogP contribution in [0.3, 0.4) is 0 Å². The molecule has 0 aromatic heterocycles. The molecule has 0 heterocycles. The number of carboxylic acids is 1. The van der Waals surface area contributed by atoms with Gasteiger partial charge in [-0.15, -0.1) is 0 Å². The van der Waals surface area contributed by atoms with Gasteiger partial charge in [0, 0.05) is 6.42 Å². The van der Waals surface area contributed by atoms with Crippen LogP contribution in [0.5, 0.6) is 0 Å². The molecular formula is C7H17N3O2. The number of carbonyl (C=O) groups is 1. The topological polar surface area (TPSA) is 113 Å². The van der Waals surface area contributed by atoms with Gasteiger partial charge in [0.25, 0.3) is 0 Å². The third kappa shape index (κ3) is 37.4. The second kappa shape index (κ2) is 9.74. The van der Waals surface area contributed by atoms with E-state index in [-0.39, 0.29) is 5.96 Å². The molecule has 0 unspecified atom stereocenters. The van der Waals surface area contributed by atoms with Crippen molar-refractivity contribution >= 4 is 11.9 Å². The molecule has 0 aromatic carbocycles. The highest BCUT2D eigenvalue weighted by Crippen LogP contribution is 1.97. The van der Waals surface area contributed by atoms with Crippen molar-refractivity contribution in [2.24, 2.45) is 11.5 Å². The molecule has 0 bridgehead atoms. The number of hydrogen-bond acceptors (Lipinski definition) is 2. The van der Waals surface area contributed by atoms with Crippen LogP contribution in [-0.2, 0) is 4.79 Å². The third-order valence-corrected chi connectivity index (χ3v) is 0.994. The molecule has 0 amide bonds. The van der Waals surface area contributed by atoms with Crippen molar-refractivity contribution in [2.45, 2.75) is 32.6 Å². The molecule has 5 nitrogen and oxygen atoms in total. The lowest BCUT2D eigenvalue weighted by Gasteiger charge is -1.89. The summed E-state index contributed by atoms with van der Waals surface area (Å²) in [6.07, 6.45) is 3.28. The first kappa shape index (κ1) is 13.3. The monoisotopic (exact) mass is 175 g/mol. The highest BCUT2D eigenvalue weighted by atomic mass is 16.4. The van der Waals surface area contributed by atoms with Gasteiger partial charge < -0.3 is 16.6 Å². The number of unbranched alkanes of at least 4 members (excludes halogenated alkanes) is 2. The van der Waals surface area contributed by atoms with E-state index in [0.29, 0.717) is 6.42 Å². The summed E-state index contributed by atoms with van der Waals surface area (Å²) in [5.74, 6) is -1.02. The Morgan fingerprint density at radius 1 is 1.42 bits per heavy atom. The van der Waals surface area contributed by atoms with Crippen LogP contribution in [0, 0.1) is 5.41 Å². The molecule has 0 atom stereocenters. The number of nitrogens with two attached hydrogens (primary N) is 2. The summed E-state index contributed by atoms with van der Waals surface area (Å²) in [4.78, 5) is 9.87. The van der Waals surface area contributed by atoms with Crippen LogP contribution < -0.4 is 11.5 Å². The fraction of sp³-hybridized carbons (Fsp3) is 0.714. The maximum atomic E-state index is 9.87. The van der Waals surface area contributed by atoms with Gasteiger partial charge in [-0.25, -0.2) is 0 Å². The van der Waals surface area contributed by atoms with Gasteiger partial charge in [0.05, 0.1) is 0 Å². The molecule has 0 rings (SSSR count). The molecule has 0 radical (unpaired) electrons. The standard InChI is InChI=1S/C6H12O2.CH5N3/c1-2-3-4-5-6(7)8;2-1(3)4/h2-5H2,1H3,(H,7,8);(H5,2,3,4). The van der Waals surface area contributed by atoms with E-state index in [4.69, 9.17) is 10.5 Å². The molecule has 72 valence electrons. The van der Waals surface area contributed by atoms with E-state index in [9.17, 15) is 4.79 Å². The lowest BCUT2D eigenvalue weighted by molar-refractivity contribution is -0.137. The summed E-state index contributed by atoms with van der Waals surface area (Å²) in [6.45, 7) is 2.06. The summed E-state index contributed by atoms with van der Waals surface area (Å²) in [5.41, 5.74) is 8.94. The van der Waals surface area contributed by atoms with E-state index < -0.39 is 5.97 Å². The molecule has 5 heteroatoms. The summed E-state index contributed by atoms with van der Waals surface area (Å²) < 4.78 is 0. The van der Waals surface area contributed by atoms with E-state index in [1.54, 1.807) is 0 Å². The predicted octanol–water partition coefficient (Wildman–Crippen LogP) is 0.490. The van der Waals surface area contributed by atoms with Crippen LogP contribution >= 0.6 is 0 Å². The van der Waals surface area contributed by atoms with Crippen LogP contribution in [-0.4, -0.2) is 17.0 Å².